The van der Waals surface area contributed by atoms with E-state index in [0.717, 1.165) is 38.3 Å². The minimum Gasteiger partial charge on any atom is -0.286 e. The molecule has 1 aliphatic rings. The Bertz CT molecular complexity index is 638. The summed E-state index contributed by atoms with van der Waals surface area (Å²) in [7, 11) is 0. The second-order valence-electron chi connectivity index (χ2n) is 6.54. The molecule has 1 atom stereocenters. The maximum atomic E-state index is 12.7. The number of alkyl halides is 3. The molecule has 150 valence electrons. The molecule has 11 heteroatoms. The van der Waals surface area contributed by atoms with Crippen LogP contribution in [0.3, 0.4) is 0 Å². The molecule has 1 saturated carbocycles. The van der Waals surface area contributed by atoms with Crippen LogP contribution in [0.5, 0.6) is 0 Å². The van der Waals surface area contributed by atoms with Crippen LogP contribution < -0.4 is 10.9 Å². The second-order valence-corrected chi connectivity index (χ2v) is 6.54. The molecule has 0 bridgehead atoms. The number of hydrogen-bond acceptors (Lipinski definition) is 6. The molecule has 2 rings (SSSR count). The molecule has 1 aliphatic carbocycles. The average molecular weight is 389 g/mol. The van der Waals surface area contributed by atoms with E-state index in [4.69, 9.17) is 0 Å². The van der Waals surface area contributed by atoms with Crippen LogP contribution in [0.1, 0.15) is 44.2 Å². The van der Waals surface area contributed by atoms with Crippen molar-refractivity contribution in [3.05, 3.63) is 18.0 Å². The maximum absolute atomic E-state index is 12.7. The summed E-state index contributed by atoms with van der Waals surface area (Å²) in [6.45, 7) is -0.211. The van der Waals surface area contributed by atoms with E-state index in [0.29, 0.717) is 23.5 Å². The van der Waals surface area contributed by atoms with Gasteiger partial charge in [-0.25, -0.2) is 15.0 Å². The summed E-state index contributed by atoms with van der Waals surface area (Å²) in [5, 5.41) is 9.82. The summed E-state index contributed by atoms with van der Waals surface area (Å²) in [6.07, 6.45) is 2.13. The molecule has 0 saturated heterocycles. The van der Waals surface area contributed by atoms with Crippen molar-refractivity contribution in [1.29, 1.82) is 0 Å². The van der Waals surface area contributed by atoms with Crippen LogP contribution in [-0.2, 0) is 15.8 Å². The normalized spacial score (nSPS) is 16.4. The predicted molar refractivity (Wildman–Crippen MR) is 88.0 cm³/mol. The summed E-state index contributed by atoms with van der Waals surface area (Å²) in [5.41, 5.74) is 3.37. The third kappa shape index (κ3) is 6.66. The van der Waals surface area contributed by atoms with Crippen molar-refractivity contribution in [2.45, 2.75) is 44.7 Å². The van der Waals surface area contributed by atoms with Crippen molar-refractivity contribution in [3.63, 3.8) is 0 Å². The standard InChI is InChI=1S/C16H22F3N5O3/c17-16(18,19)13-6-7-20-15(21-13)23-22-14(26)12(9-24(27)10-25)8-11-4-2-1-3-5-11/h6-7,10-12,27H,1-5,8-9H2,(H,22,26)(H,20,21,23)/t12-/m0/s1. The van der Waals surface area contributed by atoms with Crippen LogP contribution in [0, 0.1) is 11.8 Å². The lowest BCUT2D eigenvalue weighted by Gasteiger charge is -2.27. The molecule has 0 spiro atoms. The molecule has 1 heterocycles. The first kappa shape index (κ1) is 20.9. The van der Waals surface area contributed by atoms with Gasteiger partial charge in [0.25, 0.3) is 0 Å². The summed E-state index contributed by atoms with van der Waals surface area (Å²) >= 11 is 0. The Labute approximate surface area is 154 Å². The SMILES string of the molecule is O=CN(O)C[C@H](CC1CCCCC1)C(=O)NNc1nccc(C(F)(F)F)n1. The Balaban J connectivity index is 1.98. The van der Waals surface area contributed by atoms with Crippen LogP contribution in [0.2, 0.25) is 0 Å². The van der Waals surface area contributed by atoms with Crippen molar-refractivity contribution in [1.82, 2.24) is 20.5 Å². The Kier molecular flexibility index (Phi) is 7.34. The topological polar surface area (TPSA) is 107 Å². The van der Waals surface area contributed by atoms with Crippen molar-refractivity contribution in [2.24, 2.45) is 11.8 Å². The average Bonchev–Trinajstić information content (AvgIpc) is 2.65. The number of rotatable bonds is 8. The highest BCUT2D eigenvalue weighted by Crippen LogP contribution is 2.30. The van der Waals surface area contributed by atoms with E-state index < -0.39 is 29.6 Å². The summed E-state index contributed by atoms with van der Waals surface area (Å²) < 4.78 is 38.0. The van der Waals surface area contributed by atoms with Crippen LogP contribution in [0.25, 0.3) is 0 Å². The van der Waals surface area contributed by atoms with E-state index in [1.807, 2.05) is 0 Å². The first-order chi connectivity index (χ1) is 12.8. The van der Waals surface area contributed by atoms with Gasteiger partial charge in [-0.05, 0) is 18.4 Å². The summed E-state index contributed by atoms with van der Waals surface area (Å²) in [5.74, 6) is -1.41. The number of carbonyl (C=O) groups is 2. The van der Waals surface area contributed by atoms with E-state index in [-0.39, 0.29) is 13.0 Å². The number of hydrogen-bond donors (Lipinski definition) is 3. The fourth-order valence-electron chi connectivity index (χ4n) is 3.15. The molecule has 1 aromatic heterocycles. The van der Waals surface area contributed by atoms with Gasteiger partial charge < -0.3 is 0 Å². The molecule has 3 N–H and O–H groups in total. The van der Waals surface area contributed by atoms with Crippen LogP contribution in [0.15, 0.2) is 12.3 Å². The Morgan fingerprint density at radius 2 is 2.07 bits per heavy atom. The third-order valence-corrected chi connectivity index (χ3v) is 4.49. The lowest BCUT2D eigenvalue weighted by molar-refractivity contribution is -0.155. The fourth-order valence-corrected chi connectivity index (χ4v) is 3.15. The van der Waals surface area contributed by atoms with Gasteiger partial charge in [0.15, 0.2) is 0 Å². The molecule has 0 aliphatic heterocycles. The highest BCUT2D eigenvalue weighted by Gasteiger charge is 2.33. The van der Waals surface area contributed by atoms with Gasteiger partial charge in [0, 0.05) is 6.20 Å². The number of halogens is 3. The Morgan fingerprint density at radius 1 is 1.37 bits per heavy atom. The van der Waals surface area contributed by atoms with Gasteiger partial charge in [-0.15, -0.1) is 0 Å². The monoisotopic (exact) mass is 389 g/mol. The molecule has 8 nitrogen and oxygen atoms in total. The smallest absolute Gasteiger partial charge is 0.286 e. The van der Waals surface area contributed by atoms with Crippen molar-refractivity contribution < 1.29 is 28.0 Å². The lowest BCUT2D eigenvalue weighted by atomic mass is 9.82. The number of carbonyl (C=O) groups excluding carboxylic acids is 2. The second kappa shape index (κ2) is 9.49. The highest BCUT2D eigenvalue weighted by molar-refractivity contribution is 5.80. The zero-order valence-corrected chi connectivity index (χ0v) is 14.6. The van der Waals surface area contributed by atoms with Gasteiger partial charge in [-0.2, -0.15) is 13.2 Å². The van der Waals surface area contributed by atoms with Crippen LogP contribution in [0.4, 0.5) is 19.1 Å². The fraction of sp³-hybridized carbons (Fsp3) is 0.625. The third-order valence-electron chi connectivity index (χ3n) is 4.49. The summed E-state index contributed by atoms with van der Waals surface area (Å²) in [4.78, 5) is 30.0. The number of hydrazine groups is 1. The molecular weight excluding hydrogens is 367 g/mol. The Hall–Kier alpha value is -2.43. The number of amides is 2. The van der Waals surface area contributed by atoms with Crippen molar-refractivity contribution in [2.75, 3.05) is 12.0 Å². The molecular formula is C16H22F3N5O3. The number of hydroxylamine groups is 2. The molecule has 1 aromatic rings. The molecule has 0 aromatic carbocycles. The van der Waals surface area contributed by atoms with Gasteiger partial charge in [0.1, 0.15) is 5.69 Å². The molecule has 0 unspecified atom stereocenters. The van der Waals surface area contributed by atoms with Crippen molar-refractivity contribution >= 4 is 18.3 Å². The van der Waals surface area contributed by atoms with E-state index in [9.17, 15) is 28.0 Å². The van der Waals surface area contributed by atoms with Crippen LogP contribution in [-0.4, -0.2) is 39.1 Å². The number of nitrogens with one attached hydrogen (secondary N) is 2. The number of nitrogens with zero attached hydrogens (tertiary/aromatic N) is 3. The lowest BCUT2D eigenvalue weighted by Crippen LogP contribution is -2.41. The van der Waals surface area contributed by atoms with Crippen LogP contribution >= 0.6 is 0 Å². The first-order valence-electron chi connectivity index (χ1n) is 8.66. The zero-order valence-electron chi connectivity index (χ0n) is 14.6. The van der Waals surface area contributed by atoms with E-state index >= 15 is 0 Å². The zero-order chi connectivity index (χ0) is 19.9. The highest BCUT2D eigenvalue weighted by atomic mass is 19.4. The van der Waals surface area contributed by atoms with Gasteiger partial charge in [0.2, 0.25) is 18.3 Å². The minimum atomic E-state index is -4.63. The predicted octanol–water partition coefficient (Wildman–Crippen LogP) is 2.37. The van der Waals surface area contributed by atoms with E-state index in [2.05, 4.69) is 20.8 Å². The first-order valence-corrected chi connectivity index (χ1v) is 8.66. The van der Waals surface area contributed by atoms with E-state index in [1.165, 1.54) is 0 Å². The van der Waals surface area contributed by atoms with Gasteiger partial charge in [-0.1, -0.05) is 32.1 Å². The largest absolute Gasteiger partial charge is 0.433 e. The molecule has 1 fully saturated rings. The Morgan fingerprint density at radius 3 is 2.70 bits per heavy atom. The van der Waals surface area contributed by atoms with Crippen molar-refractivity contribution in [3.8, 4) is 0 Å². The number of anilines is 1. The quantitative estimate of drug-likeness (QED) is 0.358. The molecule has 27 heavy (non-hydrogen) atoms. The summed E-state index contributed by atoms with van der Waals surface area (Å²) in [6, 6.07) is 0.715. The maximum Gasteiger partial charge on any atom is 0.433 e. The van der Waals surface area contributed by atoms with Gasteiger partial charge in [0.05, 0.1) is 12.5 Å². The minimum absolute atomic E-state index is 0.199. The number of aromatic nitrogens is 2. The molecule has 0 radical (unpaired) electrons. The van der Waals surface area contributed by atoms with Gasteiger partial charge >= 0.3 is 6.18 Å². The molecule has 2 amide bonds. The van der Waals surface area contributed by atoms with Gasteiger partial charge in [-0.3, -0.25) is 25.6 Å². The van der Waals surface area contributed by atoms with E-state index in [1.54, 1.807) is 0 Å².